The highest BCUT2D eigenvalue weighted by atomic mass is 35.5. The Balaban J connectivity index is 1.65. The molecule has 0 aliphatic carbocycles. The van der Waals surface area contributed by atoms with Gasteiger partial charge in [-0.2, -0.15) is 0 Å². The minimum Gasteiger partial charge on any atom is -0.378 e. The number of hydrogen-bond acceptors (Lipinski definition) is 6. The van der Waals surface area contributed by atoms with Crippen LogP contribution < -0.4 is 15.3 Å². The maximum Gasteiger partial charge on any atom is 0.293 e. The number of nitro groups is 1. The van der Waals surface area contributed by atoms with E-state index < -0.39 is 16.7 Å². The van der Waals surface area contributed by atoms with Crippen molar-refractivity contribution < 1.29 is 19.2 Å². The Hall–Kier alpha value is -3.14. The number of nitrogens with one attached hydrogen (secondary N) is 1. The summed E-state index contributed by atoms with van der Waals surface area (Å²) in [4.78, 5) is 38.2. The van der Waals surface area contributed by atoms with Crippen LogP contribution >= 0.6 is 23.2 Å². The van der Waals surface area contributed by atoms with E-state index in [1.807, 2.05) is 4.90 Å². The molecule has 1 N–H and O–H groups in total. The van der Waals surface area contributed by atoms with Gasteiger partial charge in [0.2, 0.25) is 0 Å². The van der Waals surface area contributed by atoms with Gasteiger partial charge in [-0.25, -0.2) is 5.01 Å². The van der Waals surface area contributed by atoms with Crippen LogP contribution in [0.3, 0.4) is 0 Å². The number of halogens is 2. The van der Waals surface area contributed by atoms with Gasteiger partial charge in [-0.1, -0.05) is 29.3 Å². The topological polar surface area (TPSA) is 105 Å². The molecular formula is C20H16Cl2N4O5. The summed E-state index contributed by atoms with van der Waals surface area (Å²) < 4.78 is 5.29. The van der Waals surface area contributed by atoms with Crippen molar-refractivity contribution in [3.8, 4) is 0 Å². The average molecular weight is 463 g/mol. The van der Waals surface area contributed by atoms with Gasteiger partial charge in [0.05, 0.1) is 33.9 Å². The van der Waals surface area contributed by atoms with E-state index in [1.165, 1.54) is 30.3 Å². The zero-order chi connectivity index (χ0) is 22.1. The van der Waals surface area contributed by atoms with E-state index in [4.69, 9.17) is 27.9 Å². The number of morpholine rings is 1. The van der Waals surface area contributed by atoms with E-state index in [2.05, 4.69) is 5.43 Å². The molecule has 2 saturated heterocycles. The molecule has 9 nitrogen and oxygen atoms in total. The highest BCUT2D eigenvalue weighted by molar-refractivity contribution is 6.42. The number of carbonyl (C=O) groups is 2. The van der Waals surface area contributed by atoms with Crippen LogP contribution in [-0.4, -0.2) is 43.0 Å². The number of anilines is 2. The Morgan fingerprint density at radius 2 is 1.81 bits per heavy atom. The predicted molar refractivity (Wildman–Crippen MR) is 116 cm³/mol. The Labute approximate surface area is 186 Å². The summed E-state index contributed by atoms with van der Waals surface area (Å²) in [5.41, 5.74) is 3.36. The highest BCUT2D eigenvalue weighted by Gasteiger charge is 2.35. The molecule has 2 aromatic carbocycles. The van der Waals surface area contributed by atoms with Crippen LogP contribution in [0, 0.1) is 10.1 Å². The molecule has 0 radical (unpaired) electrons. The zero-order valence-electron chi connectivity index (χ0n) is 16.0. The summed E-state index contributed by atoms with van der Waals surface area (Å²) in [7, 11) is 0. The number of nitrogens with zero attached hydrogens (tertiary/aromatic N) is 3. The Morgan fingerprint density at radius 1 is 1.06 bits per heavy atom. The van der Waals surface area contributed by atoms with Gasteiger partial charge in [-0.3, -0.25) is 25.1 Å². The first kappa shape index (κ1) is 21.1. The van der Waals surface area contributed by atoms with E-state index in [-0.39, 0.29) is 16.3 Å². The van der Waals surface area contributed by atoms with Gasteiger partial charge >= 0.3 is 0 Å². The van der Waals surface area contributed by atoms with Gasteiger partial charge in [0.25, 0.3) is 17.5 Å². The molecular weight excluding hydrogens is 447 g/mol. The number of ether oxygens (including phenoxy) is 1. The number of nitro benzene ring substituents is 1. The molecule has 2 fully saturated rings. The van der Waals surface area contributed by atoms with Crippen LogP contribution in [0.4, 0.5) is 17.1 Å². The summed E-state index contributed by atoms with van der Waals surface area (Å²) in [6.45, 7) is 2.06. The smallest absolute Gasteiger partial charge is 0.293 e. The molecule has 0 spiro atoms. The lowest BCUT2D eigenvalue weighted by Gasteiger charge is -2.28. The van der Waals surface area contributed by atoms with Crippen molar-refractivity contribution in [2.75, 3.05) is 36.2 Å². The predicted octanol–water partition coefficient (Wildman–Crippen LogP) is 3.20. The maximum absolute atomic E-state index is 12.8. The van der Waals surface area contributed by atoms with Crippen LogP contribution in [0.5, 0.6) is 0 Å². The number of amides is 2. The molecule has 4 rings (SSSR count). The molecule has 160 valence electrons. The van der Waals surface area contributed by atoms with Crippen molar-refractivity contribution >= 4 is 58.2 Å². The van der Waals surface area contributed by atoms with E-state index >= 15 is 0 Å². The SMILES string of the molecule is O=C1NN(c2ccc(Cl)c(Cl)c2)C(=O)/C1=C\c1ccc(N2CCOCC2)c([N+](=O)[O-])c1. The summed E-state index contributed by atoms with van der Waals surface area (Å²) >= 11 is 11.9. The number of hydrazine groups is 1. The van der Waals surface area contributed by atoms with E-state index in [1.54, 1.807) is 12.1 Å². The fourth-order valence-electron chi connectivity index (χ4n) is 3.38. The Morgan fingerprint density at radius 3 is 2.48 bits per heavy atom. The normalized spacial score (nSPS) is 17.9. The van der Waals surface area contributed by atoms with Crippen molar-refractivity contribution in [3.05, 3.63) is 67.7 Å². The average Bonchev–Trinajstić information content (AvgIpc) is 3.04. The minimum absolute atomic E-state index is 0.108. The number of rotatable bonds is 4. The van der Waals surface area contributed by atoms with Gasteiger partial charge in [-0.05, 0) is 35.9 Å². The van der Waals surface area contributed by atoms with E-state index in [0.29, 0.717) is 48.3 Å². The number of benzene rings is 2. The lowest BCUT2D eigenvalue weighted by molar-refractivity contribution is -0.384. The zero-order valence-corrected chi connectivity index (χ0v) is 17.5. The second-order valence-electron chi connectivity index (χ2n) is 6.84. The summed E-state index contributed by atoms with van der Waals surface area (Å²) in [6, 6.07) is 9.09. The summed E-state index contributed by atoms with van der Waals surface area (Å²) in [5.74, 6) is -1.24. The lowest BCUT2D eigenvalue weighted by atomic mass is 10.1. The highest BCUT2D eigenvalue weighted by Crippen LogP contribution is 2.32. The molecule has 2 aliphatic rings. The van der Waals surface area contributed by atoms with Crippen molar-refractivity contribution in [3.63, 3.8) is 0 Å². The second kappa shape index (κ2) is 8.54. The first-order chi connectivity index (χ1) is 14.8. The van der Waals surface area contributed by atoms with Crippen molar-refractivity contribution in [2.45, 2.75) is 0 Å². The fourth-order valence-corrected chi connectivity index (χ4v) is 3.67. The van der Waals surface area contributed by atoms with Gasteiger partial charge < -0.3 is 9.64 Å². The quantitative estimate of drug-likeness (QED) is 0.323. The number of hydrogen-bond donors (Lipinski definition) is 1. The molecule has 11 heteroatoms. The Bertz CT molecular complexity index is 1110. The van der Waals surface area contributed by atoms with Gasteiger partial charge in [0.15, 0.2) is 0 Å². The monoisotopic (exact) mass is 462 g/mol. The van der Waals surface area contributed by atoms with Crippen LogP contribution in [0.2, 0.25) is 10.0 Å². The van der Waals surface area contributed by atoms with Crippen molar-refractivity contribution in [2.24, 2.45) is 0 Å². The molecule has 0 bridgehead atoms. The molecule has 2 aromatic rings. The molecule has 0 atom stereocenters. The second-order valence-corrected chi connectivity index (χ2v) is 7.66. The first-order valence-electron chi connectivity index (χ1n) is 9.28. The van der Waals surface area contributed by atoms with Crippen LogP contribution in [-0.2, 0) is 14.3 Å². The fraction of sp³-hybridized carbons (Fsp3) is 0.200. The van der Waals surface area contributed by atoms with Crippen LogP contribution in [0.25, 0.3) is 6.08 Å². The van der Waals surface area contributed by atoms with Crippen LogP contribution in [0.15, 0.2) is 42.0 Å². The first-order valence-corrected chi connectivity index (χ1v) is 10.0. The molecule has 2 aliphatic heterocycles. The molecule has 2 heterocycles. The maximum atomic E-state index is 12.8. The summed E-state index contributed by atoms with van der Waals surface area (Å²) in [6.07, 6.45) is 1.32. The standard InChI is InChI=1S/C20H16Cl2N4O5/c21-15-3-2-13(11-16(15)22)25-20(28)14(19(27)23-25)9-12-1-4-17(18(10-12)26(29)30)24-5-7-31-8-6-24/h1-4,9-11H,5-8H2,(H,23,27)/b14-9-. The van der Waals surface area contributed by atoms with Crippen molar-refractivity contribution in [1.29, 1.82) is 0 Å². The third kappa shape index (κ3) is 4.20. The van der Waals surface area contributed by atoms with Gasteiger partial charge in [-0.15, -0.1) is 0 Å². The number of carbonyl (C=O) groups excluding carboxylic acids is 2. The molecule has 0 aromatic heterocycles. The third-order valence-electron chi connectivity index (χ3n) is 4.91. The van der Waals surface area contributed by atoms with Gasteiger partial charge in [0.1, 0.15) is 11.3 Å². The van der Waals surface area contributed by atoms with Crippen molar-refractivity contribution in [1.82, 2.24) is 5.43 Å². The lowest BCUT2D eigenvalue weighted by Crippen LogP contribution is -2.36. The molecule has 31 heavy (non-hydrogen) atoms. The molecule has 0 unspecified atom stereocenters. The molecule has 0 saturated carbocycles. The largest absolute Gasteiger partial charge is 0.378 e. The minimum atomic E-state index is -0.629. The van der Waals surface area contributed by atoms with E-state index in [0.717, 1.165) is 5.01 Å². The summed E-state index contributed by atoms with van der Waals surface area (Å²) in [5, 5.41) is 13.2. The Kier molecular flexibility index (Phi) is 5.81. The van der Waals surface area contributed by atoms with E-state index in [9.17, 15) is 19.7 Å². The van der Waals surface area contributed by atoms with Crippen LogP contribution in [0.1, 0.15) is 5.56 Å². The third-order valence-corrected chi connectivity index (χ3v) is 5.65. The molecule has 2 amide bonds. The van der Waals surface area contributed by atoms with Gasteiger partial charge in [0, 0.05) is 19.2 Å².